The molecule has 1 saturated heterocycles. The van der Waals surface area contributed by atoms with Crippen molar-refractivity contribution in [2.24, 2.45) is 0 Å². The Kier molecular flexibility index (Phi) is 5.98. The molecule has 2 aliphatic heterocycles. The van der Waals surface area contributed by atoms with E-state index in [4.69, 9.17) is 34.8 Å². The van der Waals surface area contributed by atoms with Gasteiger partial charge in [0.15, 0.2) is 0 Å². The molecular weight excluding hydrogens is 511 g/mol. The molecule has 1 fully saturated rings. The fraction of sp³-hybridized carbons (Fsp3) is 0.0769. The largest absolute Gasteiger partial charge is 0.318 e. The molecule has 0 aliphatic carbocycles. The highest BCUT2D eigenvalue weighted by molar-refractivity contribution is 7.89. The second kappa shape index (κ2) is 8.82. The zero-order chi connectivity index (χ0) is 24.0. The molecule has 0 N–H and O–H groups in total. The van der Waals surface area contributed by atoms with E-state index in [1.807, 2.05) is 35.2 Å². The highest BCUT2D eigenvalue weighted by Gasteiger charge is 2.51. The summed E-state index contributed by atoms with van der Waals surface area (Å²) >= 11 is 18.5. The highest BCUT2D eigenvalue weighted by atomic mass is 35.5. The molecule has 0 bridgehead atoms. The van der Waals surface area contributed by atoms with Gasteiger partial charge in [-0.25, -0.2) is 12.7 Å². The van der Waals surface area contributed by atoms with Gasteiger partial charge in [0.1, 0.15) is 5.82 Å². The maximum absolute atomic E-state index is 14.1. The second-order valence-corrected chi connectivity index (χ2v) is 11.1. The molecule has 8 heteroatoms. The Morgan fingerprint density at radius 1 is 0.765 bits per heavy atom. The van der Waals surface area contributed by atoms with E-state index >= 15 is 0 Å². The minimum atomic E-state index is -4.01. The smallest absolute Gasteiger partial charge is 0.266 e. The predicted octanol–water partition coefficient (Wildman–Crippen LogP) is 7.36. The van der Waals surface area contributed by atoms with E-state index in [0.717, 1.165) is 11.1 Å². The van der Waals surface area contributed by atoms with Crippen molar-refractivity contribution in [1.82, 2.24) is 9.21 Å². The molecule has 3 aromatic rings. The van der Waals surface area contributed by atoms with Crippen molar-refractivity contribution in [2.75, 3.05) is 0 Å². The van der Waals surface area contributed by atoms with Crippen molar-refractivity contribution in [1.29, 1.82) is 0 Å². The van der Waals surface area contributed by atoms with E-state index in [1.54, 1.807) is 54.6 Å². The molecule has 2 aliphatic rings. The predicted molar refractivity (Wildman–Crippen MR) is 137 cm³/mol. The molecule has 172 valence electrons. The van der Waals surface area contributed by atoms with Crippen molar-refractivity contribution >= 4 is 44.8 Å². The van der Waals surface area contributed by atoms with E-state index in [-0.39, 0.29) is 4.90 Å². The minimum absolute atomic E-state index is 0.108. The Morgan fingerprint density at radius 3 is 1.94 bits per heavy atom. The molecule has 3 aromatic carbocycles. The zero-order valence-electron chi connectivity index (χ0n) is 17.8. The molecule has 0 spiro atoms. The van der Waals surface area contributed by atoms with Gasteiger partial charge >= 0.3 is 0 Å². The molecule has 0 amide bonds. The van der Waals surface area contributed by atoms with Crippen LogP contribution in [0.2, 0.25) is 15.1 Å². The van der Waals surface area contributed by atoms with Crippen LogP contribution in [0.25, 0.3) is 0 Å². The van der Waals surface area contributed by atoms with E-state index in [1.165, 1.54) is 10.4 Å². The lowest BCUT2D eigenvalue weighted by Crippen LogP contribution is -2.31. The van der Waals surface area contributed by atoms with Crippen molar-refractivity contribution in [3.8, 4) is 0 Å². The van der Waals surface area contributed by atoms with Crippen LogP contribution < -0.4 is 0 Å². The summed E-state index contributed by atoms with van der Waals surface area (Å²) in [5.41, 5.74) is 2.37. The van der Waals surface area contributed by atoms with Crippen LogP contribution in [-0.2, 0) is 10.0 Å². The number of hydrogen-bond donors (Lipinski definition) is 0. The lowest BCUT2D eigenvalue weighted by molar-refractivity contribution is 0.346. The first kappa shape index (κ1) is 23.1. The molecule has 34 heavy (non-hydrogen) atoms. The van der Waals surface area contributed by atoms with Crippen LogP contribution in [0.5, 0.6) is 0 Å². The normalized spacial score (nSPS) is 19.9. The lowest BCUT2D eigenvalue weighted by atomic mass is 9.93. The van der Waals surface area contributed by atoms with Crippen LogP contribution in [0.3, 0.4) is 0 Å². The summed E-state index contributed by atoms with van der Waals surface area (Å²) in [6.07, 6.45) is 5.45. The Labute approximate surface area is 214 Å². The summed E-state index contributed by atoms with van der Waals surface area (Å²) in [6, 6.07) is 19.9. The average molecular weight is 530 g/mol. The third-order valence-corrected chi connectivity index (χ3v) is 8.44. The molecule has 2 heterocycles. The SMILES string of the molecule is C=C1C=CC=C2N1[C@@H](c1ccc(Cl)cc1)[C@@H](c1ccc(Cl)cc1)N2S(=O)(=O)c1cccc(Cl)c1. The summed E-state index contributed by atoms with van der Waals surface area (Å²) < 4.78 is 29.7. The van der Waals surface area contributed by atoms with Gasteiger partial charge in [0.25, 0.3) is 10.0 Å². The number of fused-ring (bicyclic) bond motifs is 1. The molecule has 0 saturated carbocycles. The Bertz CT molecular complexity index is 1430. The van der Waals surface area contributed by atoms with E-state index in [2.05, 4.69) is 6.58 Å². The minimum Gasteiger partial charge on any atom is -0.318 e. The molecule has 0 unspecified atom stereocenters. The van der Waals surface area contributed by atoms with Crippen LogP contribution in [0, 0.1) is 0 Å². The van der Waals surface area contributed by atoms with Crippen LogP contribution in [0.15, 0.2) is 114 Å². The molecule has 5 rings (SSSR count). The maximum Gasteiger partial charge on any atom is 0.266 e. The number of nitrogens with zero attached hydrogens (tertiary/aromatic N) is 2. The molecular formula is C26H19Cl3N2O2S. The second-order valence-electron chi connectivity index (χ2n) is 8.00. The zero-order valence-corrected chi connectivity index (χ0v) is 20.9. The van der Waals surface area contributed by atoms with Gasteiger partial charge in [-0.15, -0.1) is 0 Å². The van der Waals surface area contributed by atoms with Crippen molar-refractivity contribution in [2.45, 2.75) is 17.0 Å². The summed E-state index contributed by atoms with van der Waals surface area (Å²) in [4.78, 5) is 2.06. The first-order chi connectivity index (χ1) is 16.3. The average Bonchev–Trinajstić information content (AvgIpc) is 3.17. The summed E-state index contributed by atoms with van der Waals surface area (Å²) in [7, 11) is -4.01. The Hall–Kier alpha value is -2.70. The third-order valence-electron chi connectivity index (χ3n) is 5.92. The van der Waals surface area contributed by atoms with Crippen LogP contribution in [0.1, 0.15) is 23.2 Å². The Balaban J connectivity index is 1.77. The first-order valence-electron chi connectivity index (χ1n) is 10.4. The van der Waals surface area contributed by atoms with Gasteiger partial charge in [0, 0.05) is 20.8 Å². The number of rotatable bonds is 4. The van der Waals surface area contributed by atoms with Crippen LogP contribution in [0.4, 0.5) is 0 Å². The van der Waals surface area contributed by atoms with Gasteiger partial charge in [0.2, 0.25) is 0 Å². The van der Waals surface area contributed by atoms with Gasteiger partial charge in [-0.1, -0.05) is 77.8 Å². The fourth-order valence-electron chi connectivity index (χ4n) is 4.45. The van der Waals surface area contributed by atoms with E-state index in [0.29, 0.717) is 26.6 Å². The van der Waals surface area contributed by atoms with Gasteiger partial charge in [0.05, 0.1) is 17.0 Å². The first-order valence-corrected chi connectivity index (χ1v) is 13.0. The maximum atomic E-state index is 14.1. The van der Waals surface area contributed by atoms with Gasteiger partial charge < -0.3 is 4.90 Å². The topological polar surface area (TPSA) is 40.6 Å². The molecule has 2 atom stereocenters. The molecule has 0 radical (unpaired) electrons. The number of halogens is 3. The van der Waals surface area contributed by atoms with Crippen LogP contribution in [-0.4, -0.2) is 17.6 Å². The summed E-state index contributed by atoms with van der Waals surface area (Å²) in [6.45, 7) is 4.20. The summed E-state index contributed by atoms with van der Waals surface area (Å²) in [5, 5.41) is 1.51. The van der Waals surface area contributed by atoms with Gasteiger partial charge in [-0.2, -0.15) is 0 Å². The Morgan fingerprint density at radius 2 is 1.35 bits per heavy atom. The van der Waals surface area contributed by atoms with Crippen LogP contribution >= 0.6 is 34.8 Å². The monoisotopic (exact) mass is 528 g/mol. The van der Waals surface area contributed by atoms with E-state index in [9.17, 15) is 8.42 Å². The molecule has 0 aromatic heterocycles. The van der Waals surface area contributed by atoms with Crippen molar-refractivity contribution in [3.63, 3.8) is 0 Å². The van der Waals surface area contributed by atoms with Gasteiger partial charge in [-0.05, 0) is 65.7 Å². The van der Waals surface area contributed by atoms with Crippen molar-refractivity contribution in [3.05, 3.63) is 135 Å². The van der Waals surface area contributed by atoms with E-state index < -0.39 is 22.1 Å². The number of benzene rings is 3. The highest BCUT2D eigenvalue weighted by Crippen LogP contribution is 2.53. The summed E-state index contributed by atoms with van der Waals surface area (Å²) in [5.74, 6) is 0.507. The quantitative estimate of drug-likeness (QED) is 0.354. The lowest BCUT2D eigenvalue weighted by Gasteiger charge is -2.30. The fourth-order valence-corrected chi connectivity index (χ4v) is 6.64. The standard InChI is InChI=1S/C26H19Cl3N2O2S/c1-17-4-2-7-24-30(17)25(18-8-12-20(27)13-9-18)26(19-10-14-21(28)15-11-19)31(24)34(32,33)23-6-3-5-22(29)16-23/h2-16,25-26H,1H2/t25-,26+/m0/s1. The number of allylic oxidation sites excluding steroid dienone is 3. The molecule has 4 nitrogen and oxygen atoms in total. The third kappa shape index (κ3) is 3.93. The number of hydrogen-bond acceptors (Lipinski definition) is 3. The number of sulfonamides is 1. The van der Waals surface area contributed by atoms with Crippen molar-refractivity contribution < 1.29 is 8.42 Å². The van der Waals surface area contributed by atoms with Gasteiger partial charge in [-0.3, -0.25) is 0 Å².